The molecule has 0 saturated heterocycles. The van der Waals surface area contributed by atoms with Gasteiger partial charge < -0.3 is 16.0 Å². The second-order valence-corrected chi connectivity index (χ2v) is 9.53. The largest absolute Gasteiger partial charge is 0.350 e. The number of benzene rings is 2. The second kappa shape index (κ2) is 10.7. The Bertz CT molecular complexity index is 1680. The fraction of sp³-hybridized carbons (Fsp3) is 0.192. The van der Waals surface area contributed by atoms with Gasteiger partial charge in [0.25, 0.3) is 5.91 Å². The molecule has 0 bridgehead atoms. The Kier molecular flexibility index (Phi) is 7.11. The van der Waals surface area contributed by atoms with Gasteiger partial charge in [0.05, 0.1) is 27.9 Å². The average molecular weight is 552 g/mol. The van der Waals surface area contributed by atoms with Crippen LogP contribution in [0.5, 0.6) is 0 Å². The minimum atomic E-state index is -0.763. The van der Waals surface area contributed by atoms with Crippen molar-refractivity contribution < 1.29 is 13.6 Å². The van der Waals surface area contributed by atoms with E-state index < -0.39 is 17.5 Å². The summed E-state index contributed by atoms with van der Waals surface area (Å²) in [7, 11) is 0. The molecule has 0 atom stereocenters. The van der Waals surface area contributed by atoms with E-state index in [2.05, 4.69) is 41.2 Å². The van der Waals surface area contributed by atoms with Gasteiger partial charge >= 0.3 is 0 Å². The van der Waals surface area contributed by atoms with Gasteiger partial charge in [0, 0.05) is 30.4 Å². The predicted molar refractivity (Wildman–Crippen MR) is 145 cm³/mol. The smallest absolute Gasteiger partial charge is 0.257 e. The van der Waals surface area contributed by atoms with E-state index >= 15 is 0 Å². The maximum atomic E-state index is 14.0. The molecule has 4 N–H and O–H groups in total. The number of aryl methyl sites for hydroxylation is 1. The van der Waals surface area contributed by atoms with Gasteiger partial charge in [0.1, 0.15) is 17.5 Å². The van der Waals surface area contributed by atoms with Gasteiger partial charge in [0.2, 0.25) is 5.95 Å². The molecule has 200 valence electrons. The number of nitrogens with zero attached hydrogens (tertiary/aromatic N) is 5. The van der Waals surface area contributed by atoms with E-state index in [0.717, 1.165) is 29.3 Å². The first-order valence-electron chi connectivity index (χ1n) is 12.0. The molecule has 0 fully saturated rings. The van der Waals surface area contributed by atoms with Crippen molar-refractivity contribution >= 4 is 51.8 Å². The number of rotatable bonds is 8. The van der Waals surface area contributed by atoms with E-state index in [1.165, 1.54) is 0 Å². The normalized spacial score (nSPS) is 11.3. The molecule has 0 aliphatic rings. The molecule has 0 aliphatic carbocycles. The molecule has 1 amide bonds. The van der Waals surface area contributed by atoms with Crippen molar-refractivity contribution in [2.24, 2.45) is 0 Å². The van der Waals surface area contributed by atoms with E-state index in [1.54, 1.807) is 29.1 Å². The Labute approximate surface area is 226 Å². The average Bonchev–Trinajstić information content (AvgIpc) is 3.51. The van der Waals surface area contributed by atoms with Gasteiger partial charge in [0.15, 0.2) is 11.5 Å². The molecule has 0 spiro atoms. The molecular formula is C26H24ClF2N9O. The number of carbonyl (C=O) groups excluding carboxylic acids is 1. The van der Waals surface area contributed by atoms with Crippen LogP contribution in [0.1, 0.15) is 41.5 Å². The van der Waals surface area contributed by atoms with Crippen LogP contribution in [0, 0.1) is 18.6 Å². The third-order valence-electron chi connectivity index (χ3n) is 5.80. The third kappa shape index (κ3) is 5.65. The first-order chi connectivity index (χ1) is 18.7. The van der Waals surface area contributed by atoms with Gasteiger partial charge in [-0.25, -0.2) is 13.5 Å². The zero-order valence-corrected chi connectivity index (χ0v) is 21.9. The molecule has 3 heterocycles. The number of fused-ring (bicyclic) bond motifs is 1. The van der Waals surface area contributed by atoms with Gasteiger partial charge in [-0.05, 0) is 50.6 Å². The highest BCUT2D eigenvalue weighted by Gasteiger charge is 2.17. The number of H-pyrrole nitrogens is 1. The fourth-order valence-corrected chi connectivity index (χ4v) is 4.11. The van der Waals surface area contributed by atoms with E-state index in [4.69, 9.17) is 11.6 Å². The van der Waals surface area contributed by atoms with Crippen molar-refractivity contribution in [1.29, 1.82) is 0 Å². The highest BCUT2D eigenvalue weighted by molar-refractivity contribution is 6.34. The molecular weight excluding hydrogens is 528 g/mol. The highest BCUT2D eigenvalue weighted by atomic mass is 35.5. The molecule has 0 aliphatic heterocycles. The molecule has 10 nitrogen and oxygen atoms in total. The minimum Gasteiger partial charge on any atom is -0.350 e. The van der Waals surface area contributed by atoms with Crippen LogP contribution in [-0.2, 0) is 6.54 Å². The number of hydrogen-bond donors (Lipinski definition) is 4. The van der Waals surface area contributed by atoms with Crippen molar-refractivity contribution in [3.8, 4) is 0 Å². The maximum absolute atomic E-state index is 14.0. The standard InChI is InChI=1S/C26H24ClF2N9O/c1-13(2)38-24-18(12-31-38)23(33-22-8-14(3)36-37-22)34-26(35-24)30-11-15-4-6-19(27)17(9-15)25(39)32-21-10-16(28)5-7-20(21)29/h4-10,12-13H,11H2,1-3H3,(H,32,39)(H3,30,33,34,35,36,37). The van der Waals surface area contributed by atoms with Crippen LogP contribution in [0.15, 0.2) is 48.7 Å². The van der Waals surface area contributed by atoms with E-state index in [0.29, 0.717) is 28.8 Å². The van der Waals surface area contributed by atoms with Crippen LogP contribution in [0.3, 0.4) is 0 Å². The number of halogens is 3. The number of hydrogen-bond acceptors (Lipinski definition) is 7. The molecule has 5 rings (SSSR count). The summed E-state index contributed by atoms with van der Waals surface area (Å²) in [6.07, 6.45) is 1.70. The summed E-state index contributed by atoms with van der Waals surface area (Å²) >= 11 is 6.24. The molecule has 0 radical (unpaired) electrons. The predicted octanol–water partition coefficient (Wildman–Crippen LogP) is 5.98. The van der Waals surface area contributed by atoms with Crippen LogP contribution in [0.2, 0.25) is 5.02 Å². The van der Waals surface area contributed by atoms with E-state index in [9.17, 15) is 13.6 Å². The number of carbonyl (C=O) groups is 1. The summed E-state index contributed by atoms with van der Waals surface area (Å²) in [5.41, 5.74) is 2.02. The highest BCUT2D eigenvalue weighted by Crippen LogP contribution is 2.27. The monoisotopic (exact) mass is 551 g/mol. The van der Waals surface area contributed by atoms with Crippen molar-refractivity contribution in [2.45, 2.75) is 33.4 Å². The van der Waals surface area contributed by atoms with Crippen LogP contribution >= 0.6 is 11.6 Å². The van der Waals surface area contributed by atoms with Crippen LogP contribution in [0.4, 0.5) is 32.1 Å². The van der Waals surface area contributed by atoms with Crippen molar-refractivity contribution in [3.05, 3.63) is 82.1 Å². The molecule has 3 aromatic heterocycles. The van der Waals surface area contributed by atoms with Crippen LogP contribution in [-0.4, -0.2) is 35.9 Å². The zero-order chi connectivity index (χ0) is 27.7. The van der Waals surface area contributed by atoms with Crippen molar-refractivity contribution in [1.82, 2.24) is 29.9 Å². The number of aromatic nitrogens is 6. The zero-order valence-electron chi connectivity index (χ0n) is 21.2. The first-order valence-corrected chi connectivity index (χ1v) is 12.4. The van der Waals surface area contributed by atoms with E-state index in [1.807, 2.05) is 26.8 Å². The number of amides is 1. The Hall–Kier alpha value is -4.58. The number of nitrogens with one attached hydrogen (secondary N) is 4. The lowest BCUT2D eigenvalue weighted by Crippen LogP contribution is -2.15. The quantitative estimate of drug-likeness (QED) is 0.187. The molecule has 0 saturated carbocycles. The van der Waals surface area contributed by atoms with E-state index in [-0.39, 0.29) is 28.9 Å². The summed E-state index contributed by atoms with van der Waals surface area (Å²) < 4.78 is 29.3. The van der Waals surface area contributed by atoms with Gasteiger partial charge in [-0.2, -0.15) is 20.2 Å². The molecule has 2 aromatic carbocycles. The summed E-state index contributed by atoms with van der Waals surface area (Å²) in [5.74, 6) is -0.676. The molecule has 5 aromatic rings. The maximum Gasteiger partial charge on any atom is 0.257 e. The molecule has 0 unspecified atom stereocenters. The summed E-state index contributed by atoms with van der Waals surface area (Å²) in [4.78, 5) is 22.1. The van der Waals surface area contributed by atoms with Gasteiger partial charge in [-0.3, -0.25) is 9.89 Å². The summed E-state index contributed by atoms with van der Waals surface area (Å²) in [5, 5.41) is 21.2. The lowest BCUT2D eigenvalue weighted by Gasteiger charge is -2.12. The lowest BCUT2D eigenvalue weighted by molar-refractivity contribution is 0.102. The first kappa shape index (κ1) is 26.0. The topological polar surface area (TPSA) is 125 Å². The van der Waals surface area contributed by atoms with Crippen LogP contribution in [0.25, 0.3) is 11.0 Å². The minimum absolute atomic E-state index is 0.0611. The van der Waals surface area contributed by atoms with Crippen molar-refractivity contribution in [3.63, 3.8) is 0 Å². The van der Waals surface area contributed by atoms with Gasteiger partial charge in [-0.1, -0.05) is 17.7 Å². The Morgan fingerprint density at radius 2 is 1.95 bits per heavy atom. The number of aromatic amines is 1. The molecule has 13 heteroatoms. The SMILES string of the molecule is Cc1cc(Nc2nc(NCc3ccc(Cl)c(C(=O)Nc4cc(F)ccc4F)c3)nc3c2cnn3C(C)C)n[nH]1. The second-order valence-electron chi connectivity index (χ2n) is 9.12. The van der Waals surface area contributed by atoms with Gasteiger partial charge in [-0.15, -0.1) is 0 Å². The fourth-order valence-electron chi connectivity index (χ4n) is 3.90. The van der Waals surface area contributed by atoms with Crippen molar-refractivity contribution in [2.75, 3.05) is 16.0 Å². The van der Waals surface area contributed by atoms with Crippen LogP contribution < -0.4 is 16.0 Å². The third-order valence-corrected chi connectivity index (χ3v) is 6.13. The summed E-state index contributed by atoms with van der Waals surface area (Å²) in [6, 6.07) is 9.56. The molecule has 39 heavy (non-hydrogen) atoms. The Morgan fingerprint density at radius 3 is 2.69 bits per heavy atom. The lowest BCUT2D eigenvalue weighted by atomic mass is 10.1. The Balaban J connectivity index is 1.40. The Morgan fingerprint density at radius 1 is 1.13 bits per heavy atom. The number of anilines is 4. The summed E-state index contributed by atoms with van der Waals surface area (Å²) in [6.45, 7) is 6.14.